The van der Waals surface area contributed by atoms with Gasteiger partial charge in [0.05, 0.1) is 6.20 Å². The third-order valence-electron chi connectivity index (χ3n) is 1.76. The minimum absolute atomic E-state index is 0.188. The van der Waals surface area contributed by atoms with E-state index < -0.39 is 0 Å². The monoisotopic (exact) mass is 202 g/mol. The second-order valence-electron chi connectivity index (χ2n) is 2.99. The molecule has 2 rings (SSSR count). The van der Waals surface area contributed by atoms with Crippen LogP contribution < -0.4 is 10.5 Å². The first-order valence-corrected chi connectivity index (χ1v) is 4.43. The molecular formula is C10H10N4O. The molecule has 5 heteroatoms. The maximum Gasteiger partial charge on any atom is 0.224 e. The van der Waals surface area contributed by atoms with Gasteiger partial charge in [0.25, 0.3) is 0 Å². The molecule has 0 fully saturated rings. The second kappa shape index (κ2) is 3.91. The highest BCUT2D eigenvalue weighted by Crippen LogP contribution is 2.17. The topological polar surface area (TPSA) is 73.9 Å². The van der Waals surface area contributed by atoms with Crippen LogP contribution in [-0.2, 0) is 0 Å². The first-order chi connectivity index (χ1) is 7.24. The molecular weight excluding hydrogens is 192 g/mol. The number of aromatic nitrogens is 3. The van der Waals surface area contributed by atoms with Crippen LogP contribution in [0, 0.1) is 6.92 Å². The van der Waals surface area contributed by atoms with E-state index in [0.717, 1.165) is 5.69 Å². The average molecular weight is 202 g/mol. The minimum atomic E-state index is 0.188. The molecule has 0 aromatic carbocycles. The molecule has 0 aliphatic rings. The van der Waals surface area contributed by atoms with Crippen molar-refractivity contribution in [3.63, 3.8) is 0 Å². The van der Waals surface area contributed by atoms with E-state index in [1.807, 2.05) is 19.1 Å². The van der Waals surface area contributed by atoms with Crippen molar-refractivity contribution in [3.8, 4) is 11.6 Å². The van der Waals surface area contributed by atoms with Gasteiger partial charge in [0, 0.05) is 18.0 Å². The number of hydrogen-bond donors (Lipinski definition) is 1. The molecule has 0 amide bonds. The summed E-state index contributed by atoms with van der Waals surface area (Å²) in [5.74, 6) is 1.22. The Hall–Kier alpha value is -2.17. The molecule has 2 aromatic heterocycles. The van der Waals surface area contributed by atoms with Gasteiger partial charge in [0.15, 0.2) is 0 Å². The molecule has 2 aromatic rings. The van der Waals surface area contributed by atoms with Crippen molar-refractivity contribution in [2.75, 3.05) is 5.73 Å². The van der Waals surface area contributed by atoms with Gasteiger partial charge < -0.3 is 10.5 Å². The normalized spacial score (nSPS) is 9.93. The predicted molar refractivity (Wildman–Crippen MR) is 55.5 cm³/mol. The Balaban J connectivity index is 2.18. The van der Waals surface area contributed by atoms with Crippen LogP contribution in [0.1, 0.15) is 5.69 Å². The van der Waals surface area contributed by atoms with Gasteiger partial charge in [-0.25, -0.2) is 4.98 Å². The number of aryl methyl sites for hydroxylation is 1. The van der Waals surface area contributed by atoms with Crippen molar-refractivity contribution in [3.05, 3.63) is 36.3 Å². The molecule has 2 N–H and O–H groups in total. The zero-order valence-electron chi connectivity index (χ0n) is 8.21. The van der Waals surface area contributed by atoms with Crippen LogP contribution in [0.2, 0.25) is 0 Å². The second-order valence-corrected chi connectivity index (χ2v) is 2.99. The molecule has 0 spiro atoms. The van der Waals surface area contributed by atoms with E-state index in [1.54, 1.807) is 18.5 Å². The molecule has 5 nitrogen and oxygen atoms in total. The van der Waals surface area contributed by atoms with Crippen LogP contribution in [0.25, 0.3) is 0 Å². The van der Waals surface area contributed by atoms with Crippen LogP contribution in [0.3, 0.4) is 0 Å². The summed E-state index contributed by atoms with van der Waals surface area (Å²) in [4.78, 5) is 11.8. The van der Waals surface area contributed by atoms with Crippen molar-refractivity contribution >= 4 is 5.95 Å². The SMILES string of the molecule is Cc1ccc(Oc2ccnc(N)n2)cn1. The first kappa shape index (κ1) is 9.39. The van der Waals surface area contributed by atoms with E-state index in [0.29, 0.717) is 11.6 Å². The molecule has 76 valence electrons. The van der Waals surface area contributed by atoms with Crippen LogP contribution >= 0.6 is 0 Å². The van der Waals surface area contributed by atoms with E-state index in [2.05, 4.69) is 15.0 Å². The molecule has 0 saturated carbocycles. The lowest BCUT2D eigenvalue weighted by molar-refractivity contribution is 0.460. The third-order valence-corrected chi connectivity index (χ3v) is 1.76. The third kappa shape index (κ3) is 2.40. The highest BCUT2D eigenvalue weighted by atomic mass is 16.5. The summed E-state index contributed by atoms with van der Waals surface area (Å²) in [5, 5.41) is 0. The number of anilines is 1. The Bertz CT molecular complexity index is 455. The number of nitrogen functional groups attached to an aromatic ring is 1. The summed E-state index contributed by atoms with van der Waals surface area (Å²) in [6.45, 7) is 1.91. The van der Waals surface area contributed by atoms with Gasteiger partial charge >= 0.3 is 0 Å². The lowest BCUT2D eigenvalue weighted by atomic mass is 10.4. The molecule has 0 unspecified atom stereocenters. The number of nitrogens with two attached hydrogens (primary N) is 1. The number of pyridine rings is 1. The Kier molecular flexibility index (Phi) is 2.45. The number of nitrogens with zero attached hydrogens (tertiary/aromatic N) is 3. The van der Waals surface area contributed by atoms with Crippen LogP contribution in [0.4, 0.5) is 5.95 Å². The van der Waals surface area contributed by atoms with Gasteiger partial charge in [-0.2, -0.15) is 4.98 Å². The van der Waals surface area contributed by atoms with E-state index in [1.165, 1.54) is 0 Å². The zero-order valence-corrected chi connectivity index (χ0v) is 8.21. The molecule has 0 atom stereocenters. The van der Waals surface area contributed by atoms with Crippen molar-refractivity contribution in [2.45, 2.75) is 6.92 Å². The van der Waals surface area contributed by atoms with Crippen molar-refractivity contribution < 1.29 is 4.74 Å². The van der Waals surface area contributed by atoms with Crippen LogP contribution in [0.15, 0.2) is 30.6 Å². The Morgan fingerprint density at radius 3 is 2.73 bits per heavy atom. The Morgan fingerprint density at radius 1 is 1.20 bits per heavy atom. The van der Waals surface area contributed by atoms with E-state index in [4.69, 9.17) is 10.5 Å². The van der Waals surface area contributed by atoms with Crippen LogP contribution in [0.5, 0.6) is 11.6 Å². The fourth-order valence-corrected chi connectivity index (χ4v) is 1.05. The summed E-state index contributed by atoms with van der Waals surface area (Å²) < 4.78 is 5.42. The predicted octanol–water partition coefficient (Wildman–Crippen LogP) is 1.55. The van der Waals surface area contributed by atoms with Gasteiger partial charge in [-0.15, -0.1) is 0 Å². The highest BCUT2D eigenvalue weighted by Gasteiger charge is 1.99. The maximum atomic E-state index is 5.42. The molecule has 0 aliphatic heterocycles. The van der Waals surface area contributed by atoms with E-state index >= 15 is 0 Å². The lowest BCUT2D eigenvalue weighted by Gasteiger charge is -2.03. The Labute approximate surface area is 87.0 Å². The smallest absolute Gasteiger partial charge is 0.224 e. The molecule has 0 radical (unpaired) electrons. The van der Waals surface area contributed by atoms with E-state index in [9.17, 15) is 0 Å². The lowest BCUT2D eigenvalue weighted by Crippen LogP contribution is -1.96. The van der Waals surface area contributed by atoms with Gasteiger partial charge in [-0.05, 0) is 19.1 Å². The van der Waals surface area contributed by atoms with Gasteiger partial charge in [-0.3, -0.25) is 4.98 Å². The minimum Gasteiger partial charge on any atom is -0.437 e. The molecule has 0 aliphatic carbocycles. The van der Waals surface area contributed by atoms with Crippen LogP contribution in [-0.4, -0.2) is 15.0 Å². The fourth-order valence-electron chi connectivity index (χ4n) is 1.05. The van der Waals surface area contributed by atoms with Crippen molar-refractivity contribution in [2.24, 2.45) is 0 Å². The Morgan fingerprint density at radius 2 is 2.07 bits per heavy atom. The standard InChI is InChI=1S/C10H10N4O/c1-7-2-3-8(6-13-7)15-9-4-5-12-10(11)14-9/h2-6H,1H3,(H2,11,12,14). The summed E-state index contributed by atoms with van der Waals surface area (Å²) in [5.41, 5.74) is 6.35. The summed E-state index contributed by atoms with van der Waals surface area (Å²) >= 11 is 0. The van der Waals surface area contributed by atoms with E-state index in [-0.39, 0.29) is 5.95 Å². The summed E-state index contributed by atoms with van der Waals surface area (Å²) in [6, 6.07) is 5.32. The fraction of sp³-hybridized carbons (Fsp3) is 0.100. The quantitative estimate of drug-likeness (QED) is 0.799. The zero-order chi connectivity index (χ0) is 10.7. The van der Waals surface area contributed by atoms with Crippen molar-refractivity contribution in [1.29, 1.82) is 0 Å². The maximum absolute atomic E-state index is 5.42. The summed E-state index contributed by atoms with van der Waals surface area (Å²) in [7, 11) is 0. The molecule has 0 bridgehead atoms. The largest absolute Gasteiger partial charge is 0.437 e. The first-order valence-electron chi connectivity index (χ1n) is 4.43. The number of hydrogen-bond acceptors (Lipinski definition) is 5. The average Bonchev–Trinajstić information content (AvgIpc) is 2.22. The van der Waals surface area contributed by atoms with Gasteiger partial charge in [-0.1, -0.05) is 0 Å². The molecule has 15 heavy (non-hydrogen) atoms. The van der Waals surface area contributed by atoms with Gasteiger partial charge in [0.2, 0.25) is 11.8 Å². The van der Waals surface area contributed by atoms with Gasteiger partial charge in [0.1, 0.15) is 5.75 Å². The number of ether oxygens (including phenoxy) is 1. The van der Waals surface area contributed by atoms with Crippen molar-refractivity contribution in [1.82, 2.24) is 15.0 Å². The highest BCUT2D eigenvalue weighted by molar-refractivity contribution is 5.27. The number of rotatable bonds is 2. The summed E-state index contributed by atoms with van der Waals surface area (Å²) in [6.07, 6.45) is 3.17. The molecule has 0 saturated heterocycles. The molecule has 2 heterocycles.